The zero-order valence-corrected chi connectivity index (χ0v) is 11.2. The molecule has 0 radical (unpaired) electrons. The van der Waals surface area contributed by atoms with Crippen LogP contribution in [0.3, 0.4) is 0 Å². The Kier molecular flexibility index (Phi) is 4.52. The lowest BCUT2D eigenvalue weighted by atomic mass is 10.1. The summed E-state index contributed by atoms with van der Waals surface area (Å²) < 4.78 is 5.67. The molecule has 0 fully saturated rings. The van der Waals surface area contributed by atoms with Gasteiger partial charge in [-0.25, -0.2) is 5.84 Å². The van der Waals surface area contributed by atoms with E-state index in [0.29, 0.717) is 22.3 Å². The van der Waals surface area contributed by atoms with E-state index < -0.39 is 5.91 Å². The monoisotopic (exact) mass is 283 g/mol. The van der Waals surface area contributed by atoms with Crippen molar-refractivity contribution in [3.8, 4) is 12.1 Å². The quantitative estimate of drug-likeness (QED) is 0.364. The van der Waals surface area contributed by atoms with Crippen molar-refractivity contribution in [2.45, 2.75) is 6.54 Å². The minimum atomic E-state index is -0.469. The number of nitrogens with two attached hydrogens (primary N) is 1. The number of furan rings is 1. The van der Waals surface area contributed by atoms with Gasteiger partial charge in [-0.15, -0.1) is 0 Å². The van der Waals surface area contributed by atoms with Gasteiger partial charge in [-0.05, 0) is 6.07 Å². The lowest BCUT2D eigenvalue weighted by Crippen LogP contribution is -2.31. The summed E-state index contributed by atoms with van der Waals surface area (Å²) >= 11 is 0. The summed E-state index contributed by atoms with van der Waals surface area (Å²) in [6.07, 6.45) is 0. The Morgan fingerprint density at radius 1 is 1.29 bits per heavy atom. The van der Waals surface area contributed by atoms with Crippen LogP contribution < -0.4 is 11.3 Å². The fraction of sp³-hybridized carbons (Fsp3) is 0.214. The van der Waals surface area contributed by atoms with Crippen LogP contribution in [0.4, 0.5) is 0 Å². The maximum Gasteiger partial charge on any atom is 0.269 e. The molecule has 7 nitrogen and oxygen atoms in total. The average molecular weight is 283 g/mol. The molecule has 21 heavy (non-hydrogen) atoms. The smallest absolute Gasteiger partial charge is 0.269 e. The van der Waals surface area contributed by atoms with Gasteiger partial charge in [0.15, 0.2) is 0 Å². The van der Waals surface area contributed by atoms with Gasteiger partial charge in [0.05, 0.1) is 37.3 Å². The third kappa shape index (κ3) is 3.00. The first-order valence-corrected chi connectivity index (χ1v) is 6.18. The summed E-state index contributed by atoms with van der Waals surface area (Å²) in [6.45, 7) is 0.307. The molecule has 0 aliphatic rings. The highest BCUT2D eigenvalue weighted by molar-refractivity contribution is 6.07. The second-order valence-electron chi connectivity index (χ2n) is 4.33. The SMILES string of the molecule is N#CCN(CC#N)Cc1oc2ccccc2c1C(=O)NN. The predicted molar refractivity (Wildman–Crippen MR) is 74.4 cm³/mol. The molecule has 106 valence electrons. The van der Waals surface area contributed by atoms with Gasteiger partial charge in [0, 0.05) is 5.39 Å². The molecule has 2 rings (SSSR count). The molecule has 0 aliphatic carbocycles. The first kappa shape index (κ1) is 14.5. The van der Waals surface area contributed by atoms with Crippen LogP contribution in [0.25, 0.3) is 11.0 Å². The van der Waals surface area contributed by atoms with E-state index in [1.54, 1.807) is 29.2 Å². The molecule has 1 amide bonds. The van der Waals surface area contributed by atoms with Gasteiger partial charge >= 0.3 is 0 Å². The predicted octanol–water partition coefficient (Wildman–Crippen LogP) is 0.885. The fourth-order valence-corrected chi connectivity index (χ4v) is 2.10. The van der Waals surface area contributed by atoms with Crippen LogP contribution in [0.2, 0.25) is 0 Å². The first-order chi connectivity index (χ1) is 10.2. The van der Waals surface area contributed by atoms with Gasteiger partial charge in [-0.1, -0.05) is 18.2 Å². The number of nitrogens with zero attached hydrogens (tertiary/aromatic N) is 3. The van der Waals surface area contributed by atoms with E-state index in [1.807, 2.05) is 12.1 Å². The minimum absolute atomic E-state index is 0.0638. The van der Waals surface area contributed by atoms with Crippen molar-refractivity contribution >= 4 is 16.9 Å². The van der Waals surface area contributed by atoms with Crippen molar-refractivity contribution in [2.75, 3.05) is 13.1 Å². The number of amides is 1. The highest BCUT2D eigenvalue weighted by atomic mass is 16.3. The molecule has 1 heterocycles. The molecule has 0 saturated carbocycles. The molecule has 0 unspecified atom stereocenters. The van der Waals surface area contributed by atoms with Crippen LogP contribution in [0, 0.1) is 22.7 Å². The number of hydrogen-bond donors (Lipinski definition) is 2. The highest BCUT2D eigenvalue weighted by Gasteiger charge is 2.21. The second kappa shape index (κ2) is 6.53. The molecule has 7 heteroatoms. The van der Waals surface area contributed by atoms with E-state index >= 15 is 0 Å². The Hall–Kier alpha value is -2.87. The fourth-order valence-electron chi connectivity index (χ4n) is 2.10. The zero-order valence-electron chi connectivity index (χ0n) is 11.2. The lowest BCUT2D eigenvalue weighted by Gasteiger charge is -2.13. The zero-order chi connectivity index (χ0) is 15.2. The third-order valence-corrected chi connectivity index (χ3v) is 2.98. The lowest BCUT2D eigenvalue weighted by molar-refractivity contribution is 0.0951. The summed E-state index contributed by atoms with van der Waals surface area (Å²) in [4.78, 5) is 13.5. The Balaban J connectivity index is 2.45. The van der Waals surface area contributed by atoms with E-state index in [-0.39, 0.29) is 19.6 Å². The van der Waals surface area contributed by atoms with E-state index in [2.05, 4.69) is 5.43 Å². The Morgan fingerprint density at radius 3 is 2.57 bits per heavy atom. The molecule has 0 saturated heterocycles. The van der Waals surface area contributed by atoms with Crippen molar-refractivity contribution in [3.63, 3.8) is 0 Å². The standard InChI is InChI=1S/C14H13N5O2/c15-5-7-19(8-6-16)9-12-13(14(20)18-17)10-3-1-2-4-11(10)21-12/h1-4H,7-9,17H2,(H,18,20). The average Bonchev–Trinajstić information content (AvgIpc) is 2.85. The number of nitrogen functional groups attached to an aromatic ring is 1. The van der Waals surface area contributed by atoms with E-state index in [1.165, 1.54) is 0 Å². The first-order valence-electron chi connectivity index (χ1n) is 6.18. The number of fused-ring (bicyclic) bond motifs is 1. The Morgan fingerprint density at radius 2 is 1.95 bits per heavy atom. The van der Waals surface area contributed by atoms with Crippen molar-refractivity contribution < 1.29 is 9.21 Å². The number of para-hydroxylation sites is 1. The number of benzene rings is 1. The molecule has 1 aromatic heterocycles. The maximum absolute atomic E-state index is 12.0. The van der Waals surface area contributed by atoms with Crippen molar-refractivity contribution in [3.05, 3.63) is 35.6 Å². The van der Waals surface area contributed by atoms with Gasteiger partial charge in [0.2, 0.25) is 0 Å². The number of hydrazine groups is 1. The summed E-state index contributed by atoms with van der Waals surface area (Å²) in [5.74, 6) is 5.12. The molecule has 0 atom stereocenters. The highest BCUT2D eigenvalue weighted by Crippen LogP contribution is 2.26. The van der Waals surface area contributed by atoms with Gasteiger partial charge in [0.1, 0.15) is 11.3 Å². The van der Waals surface area contributed by atoms with Crippen molar-refractivity contribution in [1.82, 2.24) is 10.3 Å². The van der Waals surface area contributed by atoms with Gasteiger partial charge in [-0.2, -0.15) is 10.5 Å². The number of hydrogen-bond acceptors (Lipinski definition) is 6. The van der Waals surface area contributed by atoms with Gasteiger partial charge in [0.25, 0.3) is 5.91 Å². The number of nitrogens with one attached hydrogen (secondary N) is 1. The molecule has 0 spiro atoms. The molecule has 3 N–H and O–H groups in total. The molecule has 2 aromatic rings. The summed E-state index contributed by atoms with van der Waals surface area (Å²) in [6, 6.07) is 11.0. The topological polar surface area (TPSA) is 119 Å². The van der Waals surface area contributed by atoms with Crippen LogP contribution in [-0.2, 0) is 6.54 Å². The summed E-state index contributed by atoms with van der Waals surface area (Å²) in [5.41, 5.74) is 2.97. The van der Waals surface area contributed by atoms with Crippen molar-refractivity contribution in [2.24, 2.45) is 5.84 Å². The molecular formula is C14H13N5O2. The van der Waals surface area contributed by atoms with E-state index in [9.17, 15) is 4.79 Å². The molecule has 1 aromatic carbocycles. The number of carbonyl (C=O) groups is 1. The summed E-state index contributed by atoms with van der Waals surface area (Å²) in [5, 5.41) is 18.2. The van der Waals surface area contributed by atoms with Crippen LogP contribution >= 0.6 is 0 Å². The largest absolute Gasteiger partial charge is 0.459 e. The summed E-state index contributed by atoms with van der Waals surface area (Å²) in [7, 11) is 0. The van der Waals surface area contributed by atoms with Crippen LogP contribution in [-0.4, -0.2) is 23.9 Å². The van der Waals surface area contributed by atoms with E-state index in [0.717, 1.165) is 0 Å². The van der Waals surface area contributed by atoms with Crippen molar-refractivity contribution in [1.29, 1.82) is 10.5 Å². The molecule has 0 bridgehead atoms. The van der Waals surface area contributed by atoms with Gasteiger partial charge < -0.3 is 4.42 Å². The Labute approximate surface area is 121 Å². The number of rotatable bonds is 5. The minimum Gasteiger partial charge on any atom is -0.459 e. The van der Waals surface area contributed by atoms with Crippen LogP contribution in [0.5, 0.6) is 0 Å². The van der Waals surface area contributed by atoms with Crippen LogP contribution in [0.1, 0.15) is 16.1 Å². The van der Waals surface area contributed by atoms with Gasteiger partial charge in [-0.3, -0.25) is 15.1 Å². The molecule has 0 aliphatic heterocycles. The second-order valence-corrected chi connectivity index (χ2v) is 4.33. The number of carbonyl (C=O) groups excluding carboxylic acids is 1. The molecular weight excluding hydrogens is 270 g/mol. The Bertz CT molecular complexity index is 722. The third-order valence-electron chi connectivity index (χ3n) is 2.98. The normalized spacial score (nSPS) is 10.3. The maximum atomic E-state index is 12.0. The number of nitriles is 2. The van der Waals surface area contributed by atoms with Crippen LogP contribution in [0.15, 0.2) is 28.7 Å². The van der Waals surface area contributed by atoms with E-state index in [4.69, 9.17) is 20.8 Å².